The lowest BCUT2D eigenvalue weighted by molar-refractivity contribution is 0.103. The molecule has 2 aromatic heterocycles. The van der Waals surface area contributed by atoms with E-state index in [1.54, 1.807) is 11.4 Å². The first kappa shape index (κ1) is 7.93. The van der Waals surface area contributed by atoms with Crippen LogP contribution >= 0.6 is 11.3 Å². The van der Waals surface area contributed by atoms with Gasteiger partial charge in [0.25, 0.3) is 0 Å². The second-order valence-electron chi connectivity index (χ2n) is 2.39. The monoisotopic (exact) mass is 194 g/mol. The lowest BCUT2D eigenvalue weighted by Gasteiger charge is -1.87. The summed E-state index contributed by atoms with van der Waals surface area (Å²) < 4.78 is 0. The van der Waals surface area contributed by atoms with Crippen LogP contribution in [0.5, 0.6) is 0 Å². The lowest BCUT2D eigenvalue weighted by Crippen LogP contribution is -2.02. The van der Waals surface area contributed by atoms with Crippen LogP contribution in [0.3, 0.4) is 0 Å². The molecule has 0 bridgehead atoms. The van der Waals surface area contributed by atoms with Crippen LogP contribution in [0.25, 0.3) is 0 Å². The average molecular weight is 194 g/mol. The number of carbonyl (C=O) groups is 1. The van der Waals surface area contributed by atoms with Gasteiger partial charge >= 0.3 is 0 Å². The minimum Gasteiger partial charge on any atom is -0.368 e. The van der Waals surface area contributed by atoms with Gasteiger partial charge in [0.2, 0.25) is 17.6 Å². The van der Waals surface area contributed by atoms with Gasteiger partial charge in [0, 0.05) is 10.9 Å². The van der Waals surface area contributed by atoms with Gasteiger partial charge in [0.05, 0.1) is 0 Å². The number of nitrogens with one attached hydrogen (secondary N) is 1. The molecule has 0 saturated heterocycles. The van der Waals surface area contributed by atoms with Gasteiger partial charge in [-0.1, -0.05) is 0 Å². The third-order valence-corrected chi connectivity index (χ3v) is 2.17. The van der Waals surface area contributed by atoms with Crippen molar-refractivity contribution >= 4 is 23.1 Å². The molecular weight excluding hydrogens is 188 g/mol. The summed E-state index contributed by atoms with van der Waals surface area (Å²) in [7, 11) is 0. The van der Waals surface area contributed by atoms with E-state index in [0.29, 0.717) is 5.56 Å². The standard InChI is InChI=1S/C7H6N4OS/c8-7-9-6(10-11-7)5(12)4-1-2-13-3-4/h1-3H,(H3,8,9,10,11). The molecule has 3 N–H and O–H groups in total. The smallest absolute Gasteiger partial charge is 0.232 e. The molecule has 0 aliphatic carbocycles. The van der Waals surface area contributed by atoms with Gasteiger partial charge in [-0.25, -0.2) is 5.10 Å². The molecule has 0 fully saturated rings. The van der Waals surface area contributed by atoms with E-state index in [9.17, 15) is 4.79 Å². The number of anilines is 1. The number of rotatable bonds is 2. The predicted molar refractivity (Wildman–Crippen MR) is 48.5 cm³/mol. The largest absolute Gasteiger partial charge is 0.368 e. The summed E-state index contributed by atoms with van der Waals surface area (Å²) in [6.07, 6.45) is 0. The molecule has 0 aromatic carbocycles. The number of H-pyrrole nitrogens is 1. The van der Waals surface area contributed by atoms with Crippen LogP contribution in [0.15, 0.2) is 16.8 Å². The molecule has 2 rings (SSSR count). The third-order valence-electron chi connectivity index (χ3n) is 1.49. The van der Waals surface area contributed by atoms with Gasteiger partial charge in [0.15, 0.2) is 0 Å². The van der Waals surface area contributed by atoms with Crippen molar-refractivity contribution in [2.45, 2.75) is 0 Å². The predicted octanol–water partition coefficient (Wildman–Crippen LogP) is 0.679. The van der Waals surface area contributed by atoms with E-state index in [2.05, 4.69) is 15.2 Å². The van der Waals surface area contributed by atoms with Crippen molar-refractivity contribution in [3.63, 3.8) is 0 Å². The van der Waals surface area contributed by atoms with Crippen LogP contribution in [-0.2, 0) is 0 Å². The molecule has 0 aliphatic heterocycles. The van der Waals surface area contributed by atoms with Gasteiger partial charge in [0.1, 0.15) is 0 Å². The fraction of sp³-hybridized carbons (Fsp3) is 0. The zero-order valence-corrected chi connectivity index (χ0v) is 7.34. The lowest BCUT2D eigenvalue weighted by atomic mass is 10.2. The Balaban J connectivity index is 2.33. The van der Waals surface area contributed by atoms with E-state index in [0.717, 1.165) is 0 Å². The highest BCUT2D eigenvalue weighted by Crippen LogP contribution is 2.10. The Morgan fingerprint density at radius 3 is 3.00 bits per heavy atom. The number of carbonyl (C=O) groups excluding carboxylic acids is 1. The SMILES string of the molecule is Nc1nc(C(=O)c2ccsc2)n[nH]1. The molecule has 0 saturated carbocycles. The highest BCUT2D eigenvalue weighted by Gasteiger charge is 2.13. The molecule has 2 heterocycles. The highest BCUT2D eigenvalue weighted by molar-refractivity contribution is 7.08. The third kappa shape index (κ3) is 1.43. The van der Waals surface area contributed by atoms with Crippen LogP contribution < -0.4 is 5.73 Å². The number of nitrogens with two attached hydrogens (primary N) is 1. The van der Waals surface area contributed by atoms with Crippen molar-refractivity contribution < 1.29 is 4.79 Å². The molecule has 66 valence electrons. The normalized spacial score (nSPS) is 10.2. The Kier molecular flexibility index (Phi) is 1.82. The van der Waals surface area contributed by atoms with Crippen LogP contribution in [-0.4, -0.2) is 21.0 Å². The van der Waals surface area contributed by atoms with Crippen LogP contribution in [0.2, 0.25) is 0 Å². The van der Waals surface area contributed by atoms with Crippen LogP contribution in [0, 0.1) is 0 Å². The summed E-state index contributed by atoms with van der Waals surface area (Å²) in [4.78, 5) is 15.3. The second-order valence-corrected chi connectivity index (χ2v) is 3.17. The topological polar surface area (TPSA) is 84.7 Å². The molecule has 0 radical (unpaired) electrons. The number of nitrogen functional groups attached to an aromatic ring is 1. The molecule has 0 spiro atoms. The van der Waals surface area contributed by atoms with E-state index in [-0.39, 0.29) is 17.6 Å². The molecule has 0 unspecified atom stereocenters. The summed E-state index contributed by atoms with van der Waals surface area (Å²) in [5.74, 6) is 0.0451. The molecule has 0 atom stereocenters. The molecule has 0 amide bonds. The fourth-order valence-corrected chi connectivity index (χ4v) is 1.53. The Hall–Kier alpha value is -1.69. The van der Waals surface area contributed by atoms with Gasteiger partial charge in [-0.3, -0.25) is 4.79 Å². The van der Waals surface area contributed by atoms with Crippen molar-refractivity contribution in [2.24, 2.45) is 0 Å². The Bertz CT molecular complexity index is 419. The van der Waals surface area contributed by atoms with E-state index >= 15 is 0 Å². The van der Waals surface area contributed by atoms with Crippen molar-refractivity contribution in [3.8, 4) is 0 Å². The highest BCUT2D eigenvalue weighted by atomic mass is 32.1. The first-order chi connectivity index (χ1) is 6.27. The van der Waals surface area contributed by atoms with Crippen LogP contribution in [0.1, 0.15) is 16.2 Å². The number of hydrogen-bond donors (Lipinski definition) is 2. The zero-order chi connectivity index (χ0) is 9.26. The van der Waals surface area contributed by atoms with Gasteiger partial charge in [-0.15, -0.1) is 5.10 Å². The second kappa shape index (κ2) is 2.98. The maximum absolute atomic E-state index is 11.5. The minimum absolute atomic E-state index is 0.107. The van der Waals surface area contributed by atoms with Crippen LogP contribution in [0.4, 0.5) is 5.95 Å². The summed E-state index contributed by atoms with van der Waals surface area (Å²) in [5.41, 5.74) is 5.88. The van der Waals surface area contributed by atoms with Gasteiger partial charge < -0.3 is 5.73 Å². The minimum atomic E-state index is -0.214. The molecular formula is C7H6N4OS. The van der Waals surface area contributed by atoms with E-state index in [4.69, 9.17) is 5.73 Å². The molecule has 6 heteroatoms. The van der Waals surface area contributed by atoms with E-state index in [1.165, 1.54) is 11.3 Å². The molecule has 5 nitrogen and oxygen atoms in total. The zero-order valence-electron chi connectivity index (χ0n) is 6.52. The summed E-state index contributed by atoms with van der Waals surface area (Å²) >= 11 is 1.45. The Labute approximate surface area is 77.6 Å². The maximum atomic E-state index is 11.5. The number of nitrogens with zero attached hydrogens (tertiary/aromatic N) is 2. The number of hydrogen-bond acceptors (Lipinski definition) is 5. The quantitative estimate of drug-likeness (QED) is 0.688. The van der Waals surface area contributed by atoms with E-state index < -0.39 is 0 Å². The first-order valence-electron chi connectivity index (χ1n) is 3.52. The fourth-order valence-electron chi connectivity index (χ4n) is 0.899. The first-order valence-corrected chi connectivity index (χ1v) is 4.46. The number of thiophene rings is 1. The average Bonchev–Trinajstić information content (AvgIpc) is 2.72. The van der Waals surface area contributed by atoms with Gasteiger partial charge in [-0.2, -0.15) is 16.3 Å². The van der Waals surface area contributed by atoms with Crippen molar-refractivity contribution in [2.75, 3.05) is 5.73 Å². The van der Waals surface area contributed by atoms with Gasteiger partial charge in [-0.05, 0) is 11.4 Å². The summed E-state index contributed by atoms with van der Waals surface area (Å²) in [6.45, 7) is 0. The Morgan fingerprint density at radius 2 is 2.46 bits per heavy atom. The molecule has 13 heavy (non-hydrogen) atoms. The van der Waals surface area contributed by atoms with E-state index in [1.807, 2.05) is 5.38 Å². The number of aromatic nitrogens is 3. The van der Waals surface area contributed by atoms with Crippen molar-refractivity contribution in [3.05, 3.63) is 28.2 Å². The summed E-state index contributed by atoms with van der Waals surface area (Å²) in [5, 5.41) is 9.64. The number of aromatic amines is 1. The Morgan fingerprint density at radius 1 is 1.62 bits per heavy atom. The maximum Gasteiger partial charge on any atom is 0.232 e. The van der Waals surface area contributed by atoms with Crippen molar-refractivity contribution in [1.82, 2.24) is 15.2 Å². The molecule has 2 aromatic rings. The van der Waals surface area contributed by atoms with Crippen molar-refractivity contribution in [1.29, 1.82) is 0 Å². The molecule has 0 aliphatic rings. The summed E-state index contributed by atoms with van der Waals surface area (Å²) in [6, 6.07) is 1.72. The number of ketones is 1.